The zero-order valence-electron chi connectivity index (χ0n) is 15.8. The molecule has 27 heavy (non-hydrogen) atoms. The van der Waals surface area contributed by atoms with Crippen LogP contribution in [0.5, 0.6) is 5.75 Å². The van der Waals surface area contributed by atoms with Crippen molar-refractivity contribution in [1.82, 2.24) is 20.0 Å². The van der Waals surface area contributed by atoms with Crippen LogP contribution in [-0.4, -0.2) is 36.8 Å². The predicted molar refractivity (Wildman–Crippen MR) is 101 cm³/mol. The van der Waals surface area contributed by atoms with Gasteiger partial charge in [0.05, 0.1) is 18.8 Å². The van der Waals surface area contributed by atoms with Gasteiger partial charge in [0.2, 0.25) is 11.7 Å². The molecule has 0 amide bonds. The summed E-state index contributed by atoms with van der Waals surface area (Å²) in [7, 11) is 0. The smallest absolute Gasteiger partial charge is 0.241 e. The fraction of sp³-hybridized carbons (Fsp3) is 0.350. The molecule has 7 nitrogen and oxygen atoms in total. The lowest BCUT2D eigenvalue weighted by Gasteiger charge is -2.21. The SMILES string of the molecule is CCN(Cc1nc(-c2ccc(C)cc2)no1)Cc1c(CO)cnc(C)c1O. The van der Waals surface area contributed by atoms with E-state index in [1.165, 1.54) is 5.56 Å². The summed E-state index contributed by atoms with van der Waals surface area (Å²) in [5, 5.41) is 24.0. The summed E-state index contributed by atoms with van der Waals surface area (Å²) in [4.78, 5) is 10.6. The Morgan fingerprint density at radius 2 is 1.85 bits per heavy atom. The highest BCUT2D eigenvalue weighted by Crippen LogP contribution is 2.26. The maximum Gasteiger partial charge on any atom is 0.241 e. The molecule has 2 heterocycles. The molecule has 0 aliphatic carbocycles. The molecule has 0 aliphatic rings. The van der Waals surface area contributed by atoms with Gasteiger partial charge in [-0.05, 0) is 20.4 Å². The monoisotopic (exact) mass is 368 g/mol. The van der Waals surface area contributed by atoms with E-state index in [0.29, 0.717) is 48.2 Å². The highest BCUT2D eigenvalue weighted by atomic mass is 16.5. The Balaban J connectivity index is 1.77. The summed E-state index contributed by atoms with van der Waals surface area (Å²) in [6.45, 7) is 7.22. The number of aryl methyl sites for hydroxylation is 2. The van der Waals surface area contributed by atoms with Gasteiger partial charge in [-0.3, -0.25) is 9.88 Å². The number of aliphatic hydroxyl groups excluding tert-OH is 1. The van der Waals surface area contributed by atoms with Crippen molar-refractivity contribution in [3.05, 3.63) is 58.7 Å². The van der Waals surface area contributed by atoms with Crippen molar-refractivity contribution in [2.75, 3.05) is 6.54 Å². The number of aromatic nitrogens is 3. The second-order valence-corrected chi connectivity index (χ2v) is 6.54. The fourth-order valence-corrected chi connectivity index (χ4v) is 2.83. The molecule has 0 aliphatic heterocycles. The molecule has 3 rings (SSSR count). The average molecular weight is 368 g/mol. The van der Waals surface area contributed by atoms with Crippen molar-refractivity contribution in [3.8, 4) is 17.1 Å². The lowest BCUT2D eigenvalue weighted by atomic mass is 10.1. The summed E-state index contributed by atoms with van der Waals surface area (Å²) >= 11 is 0. The van der Waals surface area contributed by atoms with Crippen molar-refractivity contribution in [1.29, 1.82) is 0 Å². The van der Waals surface area contributed by atoms with E-state index in [2.05, 4.69) is 20.0 Å². The van der Waals surface area contributed by atoms with Crippen molar-refractivity contribution >= 4 is 0 Å². The van der Waals surface area contributed by atoms with E-state index in [9.17, 15) is 10.2 Å². The summed E-state index contributed by atoms with van der Waals surface area (Å²) in [5.74, 6) is 1.17. The van der Waals surface area contributed by atoms with Gasteiger partial charge in [0.15, 0.2) is 0 Å². The fourth-order valence-electron chi connectivity index (χ4n) is 2.83. The van der Waals surface area contributed by atoms with Gasteiger partial charge in [-0.2, -0.15) is 4.98 Å². The Kier molecular flexibility index (Phi) is 5.83. The highest BCUT2D eigenvalue weighted by molar-refractivity contribution is 5.54. The van der Waals surface area contributed by atoms with Gasteiger partial charge >= 0.3 is 0 Å². The first kappa shape index (κ1) is 19.0. The topological polar surface area (TPSA) is 95.5 Å². The predicted octanol–water partition coefficient (Wildman–Crippen LogP) is 2.97. The van der Waals surface area contributed by atoms with Gasteiger partial charge in [0, 0.05) is 29.4 Å². The normalized spacial score (nSPS) is 11.3. The van der Waals surface area contributed by atoms with Crippen LogP contribution in [0.2, 0.25) is 0 Å². The van der Waals surface area contributed by atoms with Crippen LogP contribution in [0, 0.1) is 13.8 Å². The van der Waals surface area contributed by atoms with E-state index >= 15 is 0 Å². The number of hydrogen-bond acceptors (Lipinski definition) is 7. The quantitative estimate of drug-likeness (QED) is 0.662. The molecule has 0 spiro atoms. The number of aliphatic hydroxyl groups is 1. The molecule has 0 atom stereocenters. The van der Waals surface area contributed by atoms with Crippen LogP contribution in [0.25, 0.3) is 11.4 Å². The molecule has 142 valence electrons. The number of nitrogens with zero attached hydrogens (tertiary/aromatic N) is 4. The van der Waals surface area contributed by atoms with Crippen molar-refractivity contribution < 1.29 is 14.7 Å². The zero-order valence-corrected chi connectivity index (χ0v) is 15.8. The van der Waals surface area contributed by atoms with Gasteiger partial charge in [-0.15, -0.1) is 0 Å². The van der Waals surface area contributed by atoms with E-state index in [-0.39, 0.29) is 12.4 Å². The maximum atomic E-state index is 10.3. The van der Waals surface area contributed by atoms with Crippen LogP contribution in [0.1, 0.15) is 35.2 Å². The van der Waals surface area contributed by atoms with E-state index in [1.54, 1.807) is 13.1 Å². The van der Waals surface area contributed by atoms with Crippen LogP contribution < -0.4 is 0 Å². The molecule has 7 heteroatoms. The average Bonchev–Trinajstić information content (AvgIpc) is 3.14. The first-order valence-corrected chi connectivity index (χ1v) is 8.91. The molecule has 0 radical (unpaired) electrons. The zero-order chi connectivity index (χ0) is 19.4. The third kappa shape index (κ3) is 4.32. The Labute approximate surface area is 158 Å². The van der Waals surface area contributed by atoms with Gasteiger partial charge in [-0.1, -0.05) is 41.9 Å². The molecule has 2 aromatic heterocycles. The molecule has 0 saturated heterocycles. The number of hydrogen-bond donors (Lipinski definition) is 2. The van der Waals surface area contributed by atoms with Crippen LogP contribution >= 0.6 is 0 Å². The third-order valence-corrected chi connectivity index (χ3v) is 4.57. The number of pyridine rings is 1. The van der Waals surface area contributed by atoms with Crippen molar-refractivity contribution in [2.24, 2.45) is 0 Å². The second-order valence-electron chi connectivity index (χ2n) is 6.54. The molecule has 0 unspecified atom stereocenters. The standard InChI is InChI=1S/C20H24N4O3/c1-4-24(10-17-16(12-25)9-21-14(3)19(17)26)11-18-22-20(23-27-18)15-7-5-13(2)6-8-15/h5-9,25-26H,4,10-12H2,1-3H3. The Morgan fingerprint density at radius 1 is 1.11 bits per heavy atom. The van der Waals surface area contributed by atoms with Gasteiger partial charge < -0.3 is 14.7 Å². The lowest BCUT2D eigenvalue weighted by Crippen LogP contribution is -2.23. The van der Waals surface area contributed by atoms with Gasteiger partial charge in [0.1, 0.15) is 5.75 Å². The molecular formula is C20H24N4O3. The molecule has 0 bridgehead atoms. The Morgan fingerprint density at radius 3 is 2.52 bits per heavy atom. The Bertz CT molecular complexity index is 906. The molecule has 2 N–H and O–H groups in total. The number of rotatable bonds is 7. The minimum absolute atomic E-state index is 0.117. The molecule has 3 aromatic rings. The summed E-state index contributed by atoms with van der Waals surface area (Å²) in [6.07, 6.45) is 1.60. The summed E-state index contributed by atoms with van der Waals surface area (Å²) in [5.41, 5.74) is 3.90. The number of benzene rings is 1. The summed E-state index contributed by atoms with van der Waals surface area (Å²) < 4.78 is 5.40. The molecular weight excluding hydrogens is 344 g/mol. The third-order valence-electron chi connectivity index (χ3n) is 4.57. The lowest BCUT2D eigenvalue weighted by molar-refractivity contribution is 0.222. The minimum atomic E-state index is -0.175. The van der Waals surface area contributed by atoms with E-state index in [1.807, 2.05) is 38.1 Å². The Hall–Kier alpha value is -2.77. The van der Waals surface area contributed by atoms with Crippen LogP contribution in [0.3, 0.4) is 0 Å². The van der Waals surface area contributed by atoms with E-state index in [0.717, 1.165) is 5.56 Å². The van der Waals surface area contributed by atoms with Crippen LogP contribution in [0.4, 0.5) is 0 Å². The second kappa shape index (κ2) is 8.28. The molecule has 0 saturated carbocycles. The molecule has 1 aromatic carbocycles. The van der Waals surface area contributed by atoms with E-state index < -0.39 is 0 Å². The largest absolute Gasteiger partial charge is 0.506 e. The maximum absolute atomic E-state index is 10.3. The minimum Gasteiger partial charge on any atom is -0.506 e. The first-order valence-electron chi connectivity index (χ1n) is 8.91. The van der Waals surface area contributed by atoms with Crippen molar-refractivity contribution in [2.45, 2.75) is 40.5 Å². The summed E-state index contributed by atoms with van der Waals surface area (Å²) in [6, 6.07) is 7.95. The number of aromatic hydroxyl groups is 1. The van der Waals surface area contributed by atoms with Crippen LogP contribution in [0.15, 0.2) is 35.0 Å². The highest BCUT2D eigenvalue weighted by Gasteiger charge is 2.17. The molecule has 0 fully saturated rings. The van der Waals surface area contributed by atoms with Gasteiger partial charge in [0.25, 0.3) is 0 Å². The van der Waals surface area contributed by atoms with Crippen LogP contribution in [-0.2, 0) is 19.7 Å². The van der Waals surface area contributed by atoms with Crippen molar-refractivity contribution in [3.63, 3.8) is 0 Å². The van der Waals surface area contributed by atoms with E-state index in [4.69, 9.17) is 4.52 Å². The first-order chi connectivity index (χ1) is 13.0. The van der Waals surface area contributed by atoms with Gasteiger partial charge in [-0.25, -0.2) is 0 Å².